The molecule has 30 heavy (non-hydrogen) atoms. The van der Waals surface area contributed by atoms with Crippen molar-refractivity contribution in [1.29, 1.82) is 0 Å². The van der Waals surface area contributed by atoms with Gasteiger partial charge in [-0.25, -0.2) is 4.98 Å². The first kappa shape index (κ1) is 19.9. The van der Waals surface area contributed by atoms with Crippen LogP contribution in [0.5, 0.6) is 0 Å². The zero-order valence-electron chi connectivity index (χ0n) is 16.5. The smallest absolute Gasteiger partial charge is 0.270 e. The van der Waals surface area contributed by atoms with Crippen molar-refractivity contribution in [3.8, 4) is 11.3 Å². The van der Waals surface area contributed by atoms with E-state index in [9.17, 15) is 13.6 Å². The number of hydrogen-bond acceptors (Lipinski definition) is 5. The Bertz CT molecular complexity index is 1260. The SMILES string of the molecule is Cn1ccc2c(C(=O)NCc3cccnc3)nc(-c3ccc([S+](C)(=O)[O-])cc3)cc21. The normalized spacial score (nSPS) is 13.2. The van der Waals surface area contributed by atoms with Gasteiger partial charge in [0, 0.05) is 43.1 Å². The Morgan fingerprint density at radius 1 is 1.20 bits per heavy atom. The molecule has 0 aliphatic heterocycles. The lowest BCUT2D eigenvalue weighted by Gasteiger charge is -2.11. The average Bonchev–Trinajstić information content (AvgIpc) is 3.12. The molecule has 0 aliphatic rings. The van der Waals surface area contributed by atoms with E-state index in [2.05, 4.69) is 15.3 Å². The molecule has 1 aromatic carbocycles. The number of nitrogens with one attached hydrogen (secondary N) is 1. The van der Waals surface area contributed by atoms with E-state index in [-0.39, 0.29) is 10.8 Å². The first-order valence-corrected chi connectivity index (χ1v) is 11.2. The molecule has 1 atom stereocenters. The second kappa shape index (κ2) is 7.81. The standard InChI is InChI=1S/C22H20N4O3S/c1-26-11-9-18-20(26)12-19(16-5-7-17(8-6-16)30(2,28)29)25-21(18)22(27)24-14-15-4-3-10-23-13-15/h3-13H,14H2,1-2H3,(H-,24,27,28,29). The van der Waals surface area contributed by atoms with Gasteiger partial charge in [0.15, 0.2) is 4.90 Å². The van der Waals surface area contributed by atoms with Crippen LogP contribution in [0.25, 0.3) is 22.2 Å². The Labute approximate surface area is 175 Å². The lowest BCUT2D eigenvalue weighted by molar-refractivity contribution is 0.0948. The minimum Gasteiger partial charge on any atom is -0.610 e. The van der Waals surface area contributed by atoms with Crippen LogP contribution in [0.2, 0.25) is 0 Å². The number of sulfone groups is 1. The van der Waals surface area contributed by atoms with Gasteiger partial charge in [-0.15, -0.1) is 4.21 Å². The van der Waals surface area contributed by atoms with Crippen LogP contribution in [0.4, 0.5) is 0 Å². The molecule has 4 aromatic rings. The molecule has 0 bridgehead atoms. The van der Waals surface area contributed by atoms with Crippen LogP contribution in [0, 0.1) is 0 Å². The molecule has 4 rings (SSSR count). The Hall–Kier alpha value is -3.36. The Morgan fingerprint density at radius 2 is 1.97 bits per heavy atom. The van der Waals surface area contributed by atoms with E-state index in [1.165, 1.54) is 6.26 Å². The van der Waals surface area contributed by atoms with E-state index in [0.717, 1.165) is 22.0 Å². The number of benzene rings is 1. The van der Waals surface area contributed by atoms with Crippen molar-refractivity contribution < 1.29 is 13.6 Å². The highest BCUT2D eigenvalue weighted by Crippen LogP contribution is 2.27. The molecule has 0 spiro atoms. The molecular weight excluding hydrogens is 400 g/mol. The van der Waals surface area contributed by atoms with Gasteiger partial charge in [-0.1, -0.05) is 6.07 Å². The fraction of sp³-hybridized carbons (Fsp3) is 0.136. The van der Waals surface area contributed by atoms with Gasteiger partial charge in [0.05, 0.1) is 21.4 Å². The number of carbonyl (C=O) groups is 1. The van der Waals surface area contributed by atoms with E-state index in [0.29, 0.717) is 17.9 Å². The van der Waals surface area contributed by atoms with Crippen molar-refractivity contribution in [1.82, 2.24) is 19.9 Å². The number of nitrogens with zero attached hydrogens (tertiary/aromatic N) is 3. The molecule has 7 nitrogen and oxygen atoms in total. The van der Waals surface area contributed by atoms with Crippen LogP contribution >= 0.6 is 0 Å². The van der Waals surface area contributed by atoms with E-state index < -0.39 is 10.2 Å². The summed E-state index contributed by atoms with van der Waals surface area (Å²) in [6.45, 7) is 0.343. The summed E-state index contributed by atoms with van der Waals surface area (Å²) in [4.78, 5) is 21.8. The summed E-state index contributed by atoms with van der Waals surface area (Å²) in [5, 5.41) is 3.64. The number of aryl methyl sites for hydroxylation is 1. The zero-order chi connectivity index (χ0) is 21.3. The average molecular weight is 420 g/mol. The maximum Gasteiger partial charge on any atom is 0.270 e. The Balaban J connectivity index is 1.71. The van der Waals surface area contributed by atoms with Crippen LogP contribution in [0.1, 0.15) is 16.1 Å². The summed E-state index contributed by atoms with van der Waals surface area (Å²) in [7, 11) is -1.38. The van der Waals surface area contributed by atoms with E-state index in [1.807, 2.05) is 42.1 Å². The fourth-order valence-electron chi connectivity index (χ4n) is 3.23. The van der Waals surface area contributed by atoms with Crippen molar-refractivity contribution >= 4 is 27.0 Å². The monoisotopic (exact) mass is 420 g/mol. The van der Waals surface area contributed by atoms with Gasteiger partial charge in [0.2, 0.25) is 0 Å². The third kappa shape index (κ3) is 4.00. The van der Waals surface area contributed by atoms with Gasteiger partial charge >= 0.3 is 0 Å². The van der Waals surface area contributed by atoms with Crippen LogP contribution in [0.3, 0.4) is 0 Å². The molecule has 3 aromatic heterocycles. The molecule has 1 N–H and O–H groups in total. The third-order valence-electron chi connectivity index (χ3n) is 4.85. The van der Waals surface area contributed by atoms with Crippen molar-refractivity contribution in [3.63, 3.8) is 0 Å². The van der Waals surface area contributed by atoms with Crippen molar-refractivity contribution in [2.24, 2.45) is 7.05 Å². The van der Waals surface area contributed by atoms with E-state index >= 15 is 0 Å². The second-order valence-electron chi connectivity index (χ2n) is 7.06. The second-order valence-corrected chi connectivity index (χ2v) is 9.07. The summed E-state index contributed by atoms with van der Waals surface area (Å²) >= 11 is 0. The molecule has 0 radical (unpaired) electrons. The summed E-state index contributed by atoms with van der Waals surface area (Å²) in [5.41, 5.74) is 3.39. The molecule has 1 unspecified atom stereocenters. The van der Waals surface area contributed by atoms with Crippen molar-refractivity contribution in [2.45, 2.75) is 11.4 Å². The summed E-state index contributed by atoms with van der Waals surface area (Å²) in [6.07, 6.45) is 6.42. The Kier molecular flexibility index (Phi) is 5.19. The van der Waals surface area contributed by atoms with Gasteiger partial charge < -0.3 is 14.4 Å². The number of fused-ring (bicyclic) bond motifs is 1. The first-order chi connectivity index (χ1) is 14.3. The van der Waals surface area contributed by atoms with Crippen LogP contribution in [0.15, 0.2) is 72.0 Å². The van der Waals surface area contributed by atoms with Gasteiger partial charge in [-0.2, -0.15) is 0 Å². The quantitative estimate of drug-likeness (QED) is 0.500. The van der Waals surface area contributed by atoms with Gasteiger partial charge in [0.1, 0.15) is 11.9 Å². The molecule has 8 heteroatoms. The largest absolute Gasteiger partial charge is 0.610 e. The van der Waals surface area contributed by atoms with Gasteiger partial charge in [0.25, 0.3) is 5.91 Å². The molecule has 0 aliphatic carbocycles. The predicted octanol–water partition coefficient (Wildman–Crippen LogP) is 3.18. The van der Waals surface area contributed by atoms with Crippen molar-refractivity contribution in [2.75, 3.05) is 6.26 Å². The summed E-state index contributed by atoms with van der Waals surface area (Å²) in [6, 6.07) is 13.9. The molecular formula is C22H20N4O3S. The molecule has 3 heterocycles. The fourth-order valence-corrected chi connectivity index (χ4v) is 3.86. The summed E-state index contributed by atoms with van der Waals surface area (Å²) < 4.78 is 25.4. The number of amides is 1. The van der Waals surface area contributed by atoms with Crippen LogP contribution in [-0.4, -0.2) is 31.3 Å². The minimum absolute atomic E-state index is 0.237. The van der Waals surface area contributed by atoms with Crippen molar-refractivity contribution in [3.05, 3.63) is 78.4 Å². The number of pyridine rings is 2. The number of aromatic nitrogens is 3. The molecule has 0 saturated carbocycles. The maximum atomic E-state index is 12.9. The zero-order valence-corrected chi connectivity index (χ0v) is 17.3. The van der Waals surface area contributed by atoms with E-state index in [4.69, 9.17) is 0 Å². The van der Waals surface area contributed by atoms with Crippen LogP contribution < -0.4 is 5.32 Å². The lowest BCUT2D eigenvalue weighted by atomic mass is 10.1. The van der Waals surface area contributed by atoms with E-state index in [1.54, 1.807) is 36.7 Å². The highest BCUT2D eigenvalue weighted by atomic mass is 32.3. The Morgan fingerprint density at radius 3 is 2.63 bits per heavy atom. The number of carbonyl (C=O) groups excluding carboxylic acids is 1. The maximum absolute atomic E-state index is 12.9. The first-order valence-electron chi connectivity index (χ1n) is 9.26. The highest BCUT2D eigenvalue weighted by molar-refractivity contribution is 7.97. The molecule has 0 saturated heterocycles. The molecule has 1 amide bonds. The topological polar surface area (TPSA) is 99.9 Å². The van der Waals surface area contributed by atoms with Crippen LogP contribution in [-0.2, 0) is 28.0 Å². The third-order valence-corrected chi connectivity index (χ3v) is 5.98. The lowest BCUT2D eigenvalue weighted by Crippen LogP contribution is -2.24. The van der Waals surface area contributed by atoms with Gasteiger partial charge in [-0.3, -0.25) is 9.78 Å². The van der Waals surface area contributed by atoms with Gasteiger partial charge in [-0.05, 0) is 48.0 Å². The minimum atomic E-state index is -3.28. The number of hydrogen-bond donors (Lipinski definition) is 1. The summed E-state index contributed by atoms with van der Waals surface area (Å²) in [5.74, 6) is -0.287. The molecule has 152 valence electrons. The predicted molar refractivity (Wildman–Crippen MR) is 115 cm³/mol. The molecule has 0 fully saturated rings. The number of rotatable bonds is 5. The highest BCUT2D eigenvalue weighted by Gasteiger charge is 2.17.